The fraction of sp³-hybridized carbons (Fsp3) is 0.286. The molecule has 0 aliphatic carbocycles. The Hall–Kier alpha value is -3.15. The Balaban J connectivity index is 1.96. The molecule has 0 N–H and O–H groups in total. The van der Waals surface area contributed by atoms with E-state index >= 15 is 0 Å². The normalized spacial score (nSPS) is 10.3. The van der Waals surface area contributed by atoms with Crippen molar-refractivity contribution in [1.29, 1.82) is 0 Å². The smallest absolute Gasteiger partial charge is 0.320 e. The first kappa shape index (κ1) is 20.2. The van der Waals surface area contributed by atoms with Crippen LogP contribution < -0.4 is 0 Å². The molecule has 0 atom stereocenters. The molecule has 0 saturated heterocycles. The molecule has 0 fully saturated rings. The van der Waals surface area contributed by atoms with Crippen LogP contribution in [0.1, 0.15) is 24.0 Å². The summed E-state index contributed by atoms with van der Waals surface area (Å²) in [6.45, 7) is 0.0841. The third kappa shape index (κ3) is 6.93. The summed E-state index contributed by atoms with van der Waals surface area (Å²) < 4.78 is 15.1. The van der Waals surface area contributed by atoms with Crippen molar-refractivity contribution in [2.24, 2.45) is 5.92 Å². The molecule has 6 heteroatoms. The number of carbonyl (C=O) groups is 3. The fourth-order valence-corrected chi connectivity index (χ4v) is 2.35. The van der Waals surface area contributed by atoms with E-state index in [1.807, 2.05) is 60.7 Å². The van der Waals surface area contributed by atoms with Gasteiger partial charge in [0.05, 0.1) is 7.11 Å². The number of ether oxygens (including phenoxy) is 3. The topological polar surface area (TPSA) is 78.9 Å². The number of hydrogen-bond donors (Lipinski definition) is 0. The van der Waals surface area contributed by atoms with Crippen LogP contribution in [-0.2, 0) is 41.8 Å². The zero-order valence-electron chi connectivity index (χ0n) is 15.1. The highest BCUT2D eigenvalue weighted by Gasteiger charge is 2.30. The van der Waals surface area contributed by atoms with Crippen LogP contribution in [0.2, 0.25) is 0 Å². The molecular weight excluding hydrogens is 348 g/mol. The van der Waals surface area contributed by atoms with E-state index < -0.39 is 23.8 Å². The van der Waals surface area contributed by atoms with E-state index in [1.165, 1.54) is 7.11 Å². The van der Waals surface area contributed by atoms with Crippen molar-refractivity contribution in [3.8, 4) is 0 Å². The van der Waals surface area contributed by atoms with Crippen LogP contribution in [0.5, 0.6) is 0 Å². The zero-order valence-corrected chi connectivity index (χ0v) is 15.1. The molecule has 0 amide bonds. The van der Waals surface area contributed by atoms with Crippen LogP contribution in [0.15, 0.2) is 60.7 Å². The van der Waals surface area contributed by atoms with Crippen molar-refractivity contribution in [2.45, 2.75) is 26.1 Å². The lowest BCUT2D eigenvalue weighted by atomic mass is 10.0. The highest BCUT2D eigenvalue weighted by molar-refractivity contribution is 5.95. The molecule has 0 unspecified atom stereocenters. The minimum Gasteiger partial charge on any atom is -0.469 e. The van der Waals surface area contributed by atoms with Gasteiger partial charge in [-0.15, -0.1) is 0 Å². The summed E-state index contributed by atoms with van der Waals surface area (Å²) in [6.07, 6.45) is -0.115. The van der Waals surface area contributed by atoms with Crippen molar-refractivity contribution < 1.29 is 28.6 Å². The maximum absolute atomic E-state index is 12.4. The van der Waals surface area contributed by atoms with Crippen molar-refractivity contribution in [2.75, 3.05) is 7.11 Å². The minimum absolute atomic E-state index is 0.0338. The molecule has 0 radical (unpaired) electrons. The van der Waals surface area contributed by atoms with E-state index in [1.54, 1.807) is 0 Å². The Morgan fingerprint density at radius 1 is 0.778 bits per heavy atom. The van der Waals surface area contributed by atoms with Crippen molar-refractivity contribution >= 4 is 17.9 Å². The van der Waals surface area contributed by atoms with Crippen LogP contribution in [0.3, 0.4) is 0 Å². The van der Waals surface area contributed by atoms with Gasteiger partial charge in [0.15, 0.2) is 5.92 Å². The molecule has 2 rings (SSSR count). The van der Waals surface area contributed by atoms with E-state index in [9.17, 15) is 14.4 Å². The van der Waals surface area contributed by atoms with Crippen LogP contribution >= 0.6 is 0 Å². The molecule has 27 heavy (non-hydrogen) atoms. The summed E-state index contributed by atoms with van der Waals surface area (Å²) >= 11 is 0. The Morgan fingerprint density at radius 3 is 1.63 bits per heavy atom. The first-order chi connectivity index (χ1) is 13.1. The fourth-order valence-electron chi connectivity index (χ4n) is 2.35. The van der Waals surface area contributed by atoms with E-state index in [4.69, 9.17) is 9.47 Å². The van der Waals surface area contributed by atoms with Gasteiger partial charge < -0.3 is 14.2 Å². The molecule has 0 bridgehead atoms. The van der Waals surface area contributed by atoms with Gasteiger partial charge in [-0.2, -0.15) is 0 Å². The predicted molar refractivity (Wildman–Crippen MR) is 97.2 cm³/mol. The average molecular weight is 370 g/mol. The van der Waals surface area contributed by atoms with Gasteiger partial charge in [-0.3, -0.25) is 14.4 Å². The third-order valence-corrected chi connectivity index (χ3v) is 3.88. The second-order valence-electron chi connectivity index (χ2n) is 5.85. The molecular formula is C21H22O6. The van der Waals surface area contributed by atoms with Gasteiger partial charge in [-0.25, -0.2) is 0 Å². The molecule has 142 valence electrons. The molecule has 0 spiro atoms. The van der Waals surface area contributed by atoms with Gasteiger partial charge in [-0.05, 0) is 17.5 Å². The number of rotatable bonds is 9. The van der Waals surface area contributed by atoms with Crippen LogP contribution in [0.25, 0.3) is 0 Å². The maximum Gasteiger partial charge on any atom is 0.320 e. The zero-order chi connectivity index (χ0) is 19.5. The summed E-state index contributed by atoms with van der Waals surface area (Å²) in [5, 5.41) is 0. The standard InChI is InChI=1S/C21H22O6/c1-25-19(22)13-12-18(20(23)26-14-16-8-4-2-5-9-16)21(24)27-15-17-10-6-3-7-11-17/h2-11,18H,12-15H2,1H3. The van der Waals surface area contributed by atoms with Gasteiger partial charge in [0.2, 0.25) is 0 Å². The Morgan fingerprint density at radius 2 is 1.22 bits per heavy atom. The van der Waals surface area contributed by atoms with E-state index in [0.29, 0.717) is 0 Å². The Bertz CT molecular complexity index is 686. The molecule has 6 nitrogen and oxygen atoms in total. The van der Waals surface area contributed by atoms with Crippen molar-refractivity contribution in [3.05, 3.63) is 71.8 Å². The van der Waals surface area contributed by atoms with Crippen LogP contribution in [0, 0.1) is 5.92 Å². The maximum atomic E-state index is 12.4. The first-order valence-electron chi connectivity index (χ1n) is 8.58. The Labute approximate surface area is 158 Å². The largest absolute Gasteiger partial charge is 0.469 e. The predicted octanol–water partition coefficient (Wildman–Crippen LogP) is 3.04. The lowest BCUT2D eigenvalue weighted by Crippen LogP contribution is -2.28. The quantitative estimate of drug-likeness (QED) is 0.383. The second-order valence-corrected chi connectivity index (χ2v) is 5.85. The lowest BCUT2D eigenvalue weighted by molar-refractivity contribution is -0.164. The number of methoxy groups -OCH3 is 1. The first-order valence-corrected chi connectivity index (χ1v) is 8.58. The second kappa shape index (κ2) is 10.8. The monoisotopic (exact) mass is 370 g/mol. The third-order valence-electron chi connectivity index (χ3n) is 3.88. The molecule has 0 heterocycles. The average Bonchev–Trinajstić information content (AvgIpc) is 2.72. The summed E-state index contributed by atoms with van der Waals surface area (Å²) in [5.41, 5.74) is 1.60. The van der Waals surface area contributed by atoms with E-state index in [2.05, 4.69) is 4.74 Å². The summed E-state index contributed by atoms with van der Waals surface area (Å²) in [4.78, 5) is 36.2. The highest BCUT2D eigenvalue weighted by Crippen LogP contribution is 2.15. The number of esters is 3. The van der Waals surface area contributed by atoms with Gasteiger partial charge >= 0.3 is 17.9 Å². The van der Waals surface area contributed by atoms with Gasteiger partial charge in [-0.1, -0.05) is 60.7 Å². The summed E-state index contributed by atoms with van der Waals surface area (Å²) in [5.74, 6) is -3.13. The Kier molecular flexibility index (Phi) is 8.03. The van der Waals surface area contributed by atoms with E-state index in [-0.39, 0.29) is 26.1 Å². The van der Waals surface area contributed by atoms with Crippen molar-refractivity contribution in [1.82, 2.24) is 0 Å². The minimum atomic E-state index is -1.18. The number of hydrogen-bond acceptors (Lipinski definition) is 6. The lowest BCUT2D eigenvalue weighted by Gasteiger charge is -2.15. The van der Waals surface area contributed by atoms with Crippen molar-refractivity contribution in [3.63, 3.8) is 0 Å². The molecule has 0 saturated carbocycles. The van der Waals surface area contributed by atoms with E-state index in [0.717, 1.165) is 11.1 Å². The molecule has 2 aromatic carbocycles. The van der Waals surface area contributed by atoms with Crippen LogP contribution in [0.4, 0.5) is 0 Å². The molecule has 0 aliphatic rings. The molecule has 0 aliphatic heterocycles. The van der Waals surface area contributed by atoms with Gasteiger partial charge in [0, 0.05) is 6.42 Å². The summed E-state index contributed by atoms with van der Waals surface area (Å²) in [7, 11) is 1.25. The molecule has 2 aromatic rings. The highest BCUT2D eigenvalue weighted by atomic mass is 16.6. The van der Waals surface area contributed by atoms with Gasteiger partial charge in [0.25, 0.3) is 0 Å². The van der Waals surface area contributed by atoms with Crippen LogP contribution in [-0.4, -0.2) is 25.0 Å². The van der Waals surface area contributed by atoms with Gasteiger partial charge in [0.1, 0.15) is 13.2 Å². The SMILES string of the molecule is COC(=O)CCC(C(=O)OCc1ccccc1)C(=O)OCc1ccccc1. The molecule has 0 aromatic heterocycles. The number of benzene rings is 2. The summed E-state index contributed by atoms with van der Waals surface area (Å²) in [6, 6.07) is 18.2. The number of carbonyl (C=O) groups excluding carboxylic acids is 3.